The summed E-state index contributed by atoms with van der Waals surface area (Å²) in [4.78, 5) is 36.4. The Bertz CT molecular complexity index is 781. The van der Waals surface area contributed by atoms with Gasteiger partial charge < -0.3 is 19.8 Å². The zero-order chi connectivity index (χ0) is 17.8. The van der Waals surface area contributed by atoms with E-state index in [1.54, 1.807) is 24.3 Å². The van der Waals surface area contributed by atoms with Gasteiger partial charge in [-0.25, -0.2) is 4.79 Å². The summed E-state index contributed by atoms with van der Waals surface area (Å²) in [6.07, 6.45) is 2.37. The molecule has 2 amide bonds. The molecule has 0 spiro atoms. The molecule has 0 unspecified atom stereocenters. The minimum absolute atomic E-state index is 0.125. The molecule has 0 aliphatic heterocycles. The number of benzene rings is 1. The molecule has 2 aromatic rings. The molecule has 0 radical (unpaired) electrons. The highest BCUT2D eigenvalue weighted by Gasteiger charge is 2.28. The van der Waals surface area contributed by atoms with Crippen LogP contribution in [0.15, 0.2) is 47.1 Å². The molecule has 1 aliphatic rings. The number of nitrogens with one attached hydrogen (secondary N) is 2. The molecule has 3 rings (SSSR count). The molecule has 1 aromatic heterocycles. The Balaban J connectivity index is 1.67. The maximum Gasteiger partial charge on any atom is 0.341 e. The van der Waals surface area contributed by atoms with Crippen molar-refractivity contribution in [1.29, 1.82) is 0 Å². The molecule has 2 N–H and O–H groups in total. The minimum Gasteiger partial charge on any atom is -0.459 e. The van der Waals surface area contributed by atoms with Crippen molar-refractivity contribution in [2.24, 2.45) is 0 Å². The molecule has 7 nitrogen and oxygen atoms in total. The fourth-order valence-electron chi connectivity index (χ4n) is 2.19. The summed E-state index contributed by atoms with van der Waals surface area (Å²) < 4.78 is 10.2. The standard InChI is InChI=1S/C18H18N2O5/c1-11(16(21)19-12-8-9-12)25-18(23)13-5-2-3-6-14(13)20-17(22)15-7-4-10-24-15/h2-7,10-12H,8-9H2,1H3,(H,19,21)(H,20,22)/t11-/m1/s1. The van der Waals surface area contributed by atoms with Crippen LogP contribution in [0.3, 0.4) is 0 Å². The Labute approximate surface area is 144 Å². The molecule has 1 heterocycles. The van der Waals surface area contributed by atoms with Crippen LogP contribution in [-0.4, -0.2) is 29.9 Å². The van der Waals surface area contributed by atoms with Gasteiger partial charge in [-0.2, -0.15) is 0 Å². The number of carbonyl (C=O) groups excluding carboxylic acids is 3. The molecule has 1 atom stereocenters. The van der Waals surface area contributed by atoms with E-state index < -0.39 is 18.0 Å². The van der Waals surface area contributed by atoms with Crippen LogP contribution in [-0.2, 0) is 9.53 Å². The summed E-state index contributed by atoms with van der Waals surface area (Å²) in [5.74, 6) is -1.37. The molecule has 0 bridgehead atoms. The number of anilines is 1. The Morgan fingerprint density at radius 1 is 1.16 bits per heavy atom. The van der Waals surface area contributed by atoms with E-state index in [9.17, 15) is 14.4 Å². The van der Waals surface area contributed by atoms with Crippen LogP contribution < -0.4 is 10.6 Å². The lowest BCUT2D eigenvalue weighted by atomic mass is 10.1. The quantitative estimate of drug-likeness (QED) is 0.785. The van der Waals surface area contributed by atoms with Gasteiger partial charge >= 0.3 is 5.97 Å². The molecule has 1 saturated carbocycles. The zero-order valence-corrected chi connectivity index (χ0v) is 13.7. The maximum absolute atomic E-state index is 12.4. The van der Waals surface area contributed by atoms with Gasteiger partial charge in [0.25, 0.3) is 11.8 Å². The Kier molecular flexibility index (Phi) is 4.83. The molecule has 25 heavy (non-hydrogen) atoms. The first-order valence-corrected chi connectivity index (χ1v) is 8.00. The Morgan fingerprint density at radius 3 is 2.60 bits per heavy atom. The monoisotopic (exact) mass is 342 g/mol. The van der Waals surface area contributed by atoms with Crippen molar-refractivity contribution >= 4 is 23.5 Å². The van der Waals surface area contributed by atoms with E-state index in [-0.39, 0.29) is 29.0 Å². The smallest absolute Gasteiger partial charge is 0.341 e. The van der Waals surface area contributed by atoms with Gasteiger partial charge in [-0.1, -0.05) is 12.1 Å². The van der Waals surface area contributed by atoms with Crippen molar-refractivity contribution in [2.45, 2.75) is 31.9 Å². The summed E-state index contributed by atoms with van der Waals surface area (Å²) >= 11 is 0. The topological polar surface area (TPSA) is 97.6 Å². The number of ether oxygens (including phenoxy) is 1. The van der Waals surface area contributed by atoms with E-state index in [0.717, 1.165) is 12.8 Å². The third kappa shape index (κ3) is 4.26. The number of amides is 2. The van der Waals surface area contributed by atoms with E-state index in [4.69, 9.17) is 9.15 Å². The van der Waals surface area contributed by atoms with Gasteiger partial charge in [0.1, 0.15) is 0 Å². The van der Waals surface area contributed by atoms with Crippen LogP contribution in [0.4, 0.5) is 5.69 Å². The van der Waals surface area contributed by atoms with Gasteiger partial charge in [0.15, 0.2) is 11.9 Å². The van der Waals surface area contributed by atoms with Crippen LogP contribution in [0.1, 0.15) is 40.7 Å². The Hall–Kier alpha value is -3.09. The highest BCUT2D eigenvalue weighted by Crippen LogP contribution is 2.20. The second-order valence-corrected chi connectivity index (χ2v) is 5.81. The second-order valence-electron chi connectivity index (χ2n) is 5.81. The lowest BCUT2D eigenvalue weighted by Crippen LogP contribution is -2.37. The van der Waals surface area contributed by atoms with E-state index >= 15 is 0 Å². The summed E-state index contributed by atoms with van der Waals surface area (Å²) in [5.41, 5.74) is 0.442. The molecule has 1 fully saturated rings. The number of hydrogen-bond acceptors (Lipinski definition) is 5. The third-order valence-electron chi connectivity index (χ3n) is 3.72. The fraction of sp³-hybridized carbons (Fsp3) is 0.278. The average molecular weight is 342 g/mol. The lowest BCUT2D eigenvalue weighted by molar-refractivity contribution is -0.129. The molecular formula is C18H18N2O5. The number of esters is 1. The highest BCUT2D eigenvalue weighted by atomic mass is 16.5. The Morgan fingerprint density at radius 2 is 1.92 bits per heavy atom. The zero-order valence-electron chi connectivity index (χ0n) is 13.7. The summed E-state index contributed by atoms with van der Waals surface area (Å²) in [5, 5.41) is 5.38. The predicted octanol–water partition coefficient (Wildman–Crippen LogP) is 2.36. The maximum atomic E-state index is 12.4. The molecule has 130 valence electrons. The van der Waals surface area contributed by atoms with Crippen LogP contribution >= 0.6 is 0 Å². The summed E-state index contributed by atoms with van der Waals surface area (Å²) in [6.45, 7) is 1.51. The van der Waals surface area contributed by atoms with E-state index in [2.05, 4.69) is 10.6 Å². The highest BCUT2D eigenvalue weighted by molar-refractivity contribution is 6.06. The molecule has 7 heteroatoms. The van der Waals surface area contributed by atoms with Crippen molar-refractivity contribution in [3.8, 4) is 0 Å². The van der Waals surface area contributed by atoms with Gasteiger partial charge in [-0.3, -0.25) is 9.59 Å². The van der Waals surface area contributed by atoms with Gasteiger partial charge in [0.05, 0.1) is 17.5 Å². The van der Waals surface area contributed by atoms with Gasteiger partial charge in [-0.05, 0) is 44.0 Å². The van der Waals surface area contributed by atoms with E-state index in [0.29, 0.717) is 0 Å². The second kappa shape index (κ2) is 7.21. The van der Waals surface area contributed by atoms with E-state index in [1.165, 1.54) is 25.3 Å². The first-order valence-electron chi connectivity index (χ1n) is 8.00. The largest absolute Gasteiger partial charge is 0.459 e. The average Bonchev–Trinajstić information content (AvgIpc) is 3.24. The fourth-order valence-corrected chi connectivity index (χ4v) is 2.19. The van der Waals surface area contributed by atoms with Crippen LogP contribution in [0.2, 0.25) is 0 Å². The van der Waals surface area contributed by atoms with Crippen molar-refractivity contribution in [3.05, 3.63) is 54.0 Å². The summed E-state index contributed by atoms with van der Waals surface area (Å²) in [6, 6.07) is 9.72. The first-order chi connectivity index (χ1) is 12.0. The van der Waals surface area contributed by atoms with Gasteiger partial charge in [-0.15, -0.1) is 0 Å². The minimum atomic E-state index is -0.915. The number of para-hydroxylation sites is 1. The lowest BCUT2D eigenvalue weighted by Gasteiger charge is -2.15. The molecular weight excluding hydrogens is 324 g/mol. The van der Waals surface area contributed by atoms with Crippen molar-refractivity contribution in [2.75, 3.05) is 5.32 Å². The van der Waals surface area contributed by atoms with Gasteiger partial charge in [0.2, 0.25) is 0 Å². The predicted molar refractivity (Wildman–Crippen MR) is 89.1 cm³/mol. The van der Waals surface area contributed by atoms with Crippen molar-refractivity contribution in [1.82, 2.24) is 5.32 Å². The normalized spacial score (nSPS) is 14.4. The van der Waals surface area contributed by atoms with Crippen LogP contribution in [0.5, 0.6) is 0 Å². The first kappa shape index (κ1) is 16.8. The molecule has 1 aromatic carbocycles. The molecule has 1 aliphatic carbocycles. The van der Waals surface area contributed by atoms with E-state index in [1.807, 2.05) is 0 Å². The number of furan rings is 1. The van der Waals surface area contributed by atoms with Crippen LogP contribution in [0.25, 0.3) is 0 Å². The van der Waals surface area contributed by atoms with Crippen molar-refractivity contribution in [3.63, 3.8) is 0 Å². The molecule has 0 saturated heterocycles. The van der Waals surface area contributed by atoms with Gasteiger partial charge in [0, 0.05) is 6.04 Å². The number of rotatable bonds is 6. The van der Waals surface area contributed by atoms with Crippen molar-refractivity contribution < 1.29 is 23.5 Å². The summed E-state index contributed by atoms with van der Waals surface area (Å²) in [7, 11) is 0. The van der Waals surface area contributed by atoms with Crippen LogP contribution in [0, 0.1) is 0 Å². The number of hydrogen-bond donors (Lipinski definition) is 2. The number of carbonyl (C=O) groups is 3. The SMILES string of the molecule is C[C@@H](OC(=O)c1ccccc1NC(=O)c1ccco1)C(=O)NC1CC1. The third-order valence-corrected chi connectivity index (χ3v) is 3.72.